The lowest BCUT2D eigenvalue weighted by Crippen LogP contribution is -2.42. The van der Waals surface area contributed by atoms with Crippen LogP contribution in [0, 0.1) is 12.7 Å². The van der Waals surface area contributed by atoms with Gasteiger partial charge in [-0.15, -0.1) is 11.3 Å². The molecule has 2 aromatic heterocycles. The third kappa shape index (κ3) is 3.47. The summed E-state index contributed by atoms with van der Waals surface area (Å²) >= 11 is 1.08. The molecule has 3 aromatic rings. The van der Waals surface area contributed by atoms with E-state index in [2.05, 4.69) is 15.8 Å². The van der Waals surface area contributed by atoms with Gasteiger partial charge in [-0.1, -0.05) is 12.1 Å². The number of aromatic nitrogens is 2. The van der Waals surface area contributed by atoms with Crippen LogP contribution in [-0.2, 0) is 18.3 Å². The van der Waals surface area contributed by atoms with Crippen LogP contribution in [0.5, 0.6) is 0 Å². The van der Waals surface area contributed by atoms with Crippen LogP contribution in [0.25, 0.3) is 10.2 Å². The molecule has 0 saturated heterocycles. The topological polar surface area (TPSA) is 93.1 Å². The zero-order valence-corrected chi connectivity index (χ0v) is 14.8. The standard InChI is InChI=1S/C17H15FN4O3S/c1-9-13-16(19-8-22(2)17(13)25)26-14(9)15(24)21-20-12(23)7-10-3-5-11(18)6-4-10/h3-6,8H,7H2,1-2H3,(H,20,23)(H,21,24). The highest BCUT2D eigenvalue weighted by atomic mass is 32.1. The highest BCUT2D eigenvalue weighted by molar-refractivity contribution is 7.20. The van der Waals surface area contributed by atoms with E-state index in [1.54, 1.807) is 14.0 Å². The molecule has 2 amide bonds. The van der Waals surface area contributed by atoms with Gasteiger partial charge in [-0.05, 0) is 30.2 Å². The number of aryl methyl sites for hydroxylation is 2. The summed E-state index contributed by atoms with van der Waals surface area (Å²) in [5, 5.41) is 0.391. The molecule has 26 heavy (non-hydrogen) atoms. The molecule has 0 spiro atoms. The molecule has 7 nitrogen and oxygen atoms in total. The lowest BCUT2D eigenvalue weighted by Gasteiger charge is -2.07. The van der Waals surface area contributed by atoms with Gasteiger partial charge < -0.3 is 4.57 Å². The Balaban J connectivity index is 1.70. The van der Waals surface area contributed by atoms with Crippen LogP contribution in [0.3, 0.4) is 0 Å². The molecule has 0 unspecified atom stereocenters. The van der Waals surface area contributed by atoms with Gasteiger partial charge in [0.2, 0.25) is 5.91 Å². The van der Waals surface area contributed by atoms with E-state index in [4.69, 9.17) is 0 Å². The normalized spacial score (nSPS) is 10.7. The van der Waals surface area contributed by atoms with E-state index in [9.17, 15) is 18.8 Å². The maximum absolute atomic E-state index is 12.9. The van der Waals surface area contributed by atoms with Gasteiger partial charge in [-0.3, -0.25) is 25.2 Å². The number of hydrazine groups is 1. The Morgan fingerprint density at radius 1 is 1.23 bits per heavy atom. The van der Waals surface area contributed by atoms with Crippen molar-refractivity contribution in [1.82, 2.24) is 20.4 Å². The molecule has 0 bridgehead atoms. The van der Waals surface area contributed by atoms with Crippen LogP contribution >= 0.6 is 11.3 Å². The molecule has 2 N–H and O–H groups in total. The molecule has 1 aromatic carbocycles. The molecule has 9 heteroatoms. The number of amides is 2. The average Bonchev–Trinajstić information content (AvgIpc) is 2.95. The first-order valence-corrected chi connectivity index (χ1v) is 8.47. The summed E-state index contributed by atoms with van der Waals surface area (Å²) in [6.45, 7) is 1.66. The van der Waals surface area contributed by atoms with Crippen LogP contribution < -0.4 is 16.4 Å². The predicted octanol–water partition coefficient (Wildman–Crippen LogP) is 1.45. The van der Waals surface area contributed by atoms with E-state index in [1.165, 1.54) is 35.2 Å². The van der Waals surface area contributed by atoms with Gasteiger partial charge in [0.25, 0.3) is 11.5 Å². The van der Waals surface area contributed by atoms with Crippen molar-refractivity contribution >= 4 is 33.4 Å². The Bertz CT molecular complexity index is 1060. The van der Waals surface area contributed by atoms with Crippen molar-refractivity contribution in [3.63, 3.8) is 0 Å². The molecule has 3 rings (SSSR count). The molecule has 2 heterocycles. The number of benzene rings is 1. The minimum Gasteiger partial charge on any atom is -0.302 e. The second-order valence-electron chi connectivity index (χ2n) is 5.70. The van der Waals surface area contributed by atoms with Crippen molar-refractivity contribution in [2.75, 3.05) is 0 Å². The highest BCUT2D eigenvalue weighted by Gasteiger charge is 2.19. The molecule has 0 radical (unpaired) electrons. The number of rotatable bonds is 3. The molecule has 0 fully saturated rings. The SMILES string of the molecule is Cc1c(C(=O)NNC(=O)Cc2ccc(F)cc2)sc2ncn(C)c(=O)c12. The molecule has 0 aliphatic rings. The van der Waals surface area contributed by atoms with E-state index in [0.29, 0.717) is 26.2 Å². The monoisotopic (exact) mass is 374 g/mol. The van der Waals surface area contributed by atoms with Crippen molar-refractivity contribution in [3.05, 3.63) is 62.8 Å². The van der Waals surface area contributed by atoms with Crippen LogP contribution in [0.2, 0.25) is 0 Å². The summed E-state index contributed by atoms with van der Waals surface area (Å²) in [7, 11) is 1.58. The van der Waals surface area contributed by atoms with E-state index in [0.717, 1.165) is 11.3 Å². The van der Waals surface area contributed by atoms with E-state index in [-0.39, 0.29) is 17.8 Å². The first-order valence-electron chi connectivity index (χ1n) is 7.65. The summed E-state index contributed by atoms with van der Waals surface area (Å²) in [4.78, 5) is 41.3. The average molecular weight is 374 g/mol. The number of fused-ring (bicyclic) bond motifs is 1. The zero-order chi connectivity index (χ0) is 18.8. The van der Waals surface area contributed by atoms with Crippen molar-refractivity contribution in [1.29, 1.82) is 0 Å². The first-order chi connectivity index (χ1) is 12.4. The molecule has 0 aliphatic carbocycles. The van der Waals surface area contributed by atoms with Crippen LogP contribution in [-0.4, -0.2) is 21.4 Å². The Kier molecular flexibility index (Phi) is 4.81. The fourth-order valence-electron chi connectivity index (χ4n) is 2.44. The molecular weight excluding hydrogens is 359 g/mol. The Hall–Kier alpha value is -3.07. The van der Waals surface area contributed by atoms with Gasteiger partial charge in [0.1, 0.15) is 10.6 Å². The zero-order valence-electron chi connectivity index (χ0n) is 14.0. The van der Waals surface area contributed by atoms with E-state index < -0.39 is 11.8 Å². The van der Waals surface area contributed by atoms with Crippen molar-refractivity contribution in [2.24, 2.45) is 7.05 Å². The Morgan fingerprint density at radius 2 is 1.92 bits per heavy atom. The van der Waals surface area contributed by atoms with Crippen molar-refractivity contribution < 1.29 is 14.0 Å². The maximum atomic E-state index is 12.9. The number of halogens is 1. The number of hydrogen-bond donors (Lipinski definition) is 2. The van der Waals surface area contributed by atoms with E-state index in [1.807, 2.05) is 0 Å². The third-order valence-corrected chi connectivity index (χ3v) is 5.01. The molecule has 0 saturated carbocycles. The fraction of sp³-hybridized carbons (Fsp3) is 0.176. The molecule has 0 atom stereocenters. The number of nitrogens with zero attached hydrogens (tertiary/aromatic N) is 2. The number of hydrogen-bond acceptors (Lipinski definition) is 5. The number of thiophene rings is 1. The second-order valence-corrected chi connectivity index (χ2v) is 6.70. The summed E-state index contributed by atoms with van der Waals surface area (Å²) < 4.78 is 14.2. The molecular formula is C17H15FN4O3S. The lowest BCUT2D eigenvalue weighted by molar-refractivity contribution is -0.121. The minimum atomic E-state index is -0.528. The Labute approximate surface area is 151 Å². The third-order valence-electron chi connectivity index (χ3n) is 3.81. The maximum Gasteiger partial charge on any atom is 0.280 e. The van der Waals surface area contributed by atoms with Gasteiger partial charge in [-0.2, -0.15) is 0 Å². The van der Waals surface area contributed by atoms with Gasteiger partial charge in [0.15, 0.2) is 0 Å². The summed E-state index contributed by atoms with van der Waals surface area (Å²) in [5.41, 5.74) is 5.54. The van der Waals surface area contributed by atoms with E-state index >= 15 is 0 Å². The van der Waals surface area contributed by atoms with Crippen molar-refractivity contribution in [2.45, 2.75) is 13.3 Å². The fourth-order valence-corrected chi connectivity index (χ4v) is 3.48. The quantitative estimate of drug-likeness (QED) is 0.679. The first kappa shape index (κ1) is 17.7. The Morgan fingerprint density at radius 3 is 2.62 bits per heavy atom. The predicted molar refractivity (Wildman–Crippen MR) is 95.3 cm³/mol. The van der Waals surface area contributed by atoms with Gasteiger partial charge in [0.05, 0.1) is 23.0 Å². The van der Waals surface area contributed by atoms with Crippen molar-refractivity contribution in [3.8, 4) is 0 Å². The smallest absolute Gasteiger partial charge is 0.280 e. The lowest BCUT2D eigenvalue weighted by atomic mass is 10.1. The second kappa shape index (κ2) is 7.04. The van der Waals surface area contributed by atoms with Crippen LogP contribution in [0.15, 0.2) is 35.4 Å². The largest absolute Gasteiger partial charge is 0.302 e. The van der Waals surface area contributed by atoms with Crippen LogP contribution in [0.4, 0.5) is 4.39 Å². The number of nitrogens with one attached hydrogen (secondary N) is 2. The summed E-state index contributed by atoms with van der Waals surface area (Å²) in [5.74, 6) is -1.36. The summed E-state index contributed by atoms with van der Waals surface area (Å²) in [6.07, 6.45) is 1.39. The minimum absolute atomic E-state index is 0.00590. The number of carbonyl (C=O) groups is 2. The highest BCUT2D eigenvalue weighted by Crippen LogP contribution is 2.26. The summed E-state index contributed by atoms with van der Waals surface area (Å²) in [6, 6.07) is 5.51. The van der Waals surface area contributed by atoms with Crippen LogP contribution in [0.1, 0.15) is 20.8 Å². The molecule has 0 aliphatic heterocycles. The van der Waals surface area contributed by atoms with Gasteiger partial charge >= 0.3 is 0 Å². The van der Waals surface area contributed by atoms with Gasteiger partial charge in [-0.25, -0.2) is 9.37 Å². The number of carbonyl (C=O) groups excluding carboxylic acids is 2. The molecule has 134 valence electrons. The van der Waals surface area contributed by atoms with Gasteiger partial charge in [0, 0.05) is 7.05 Å².